The molecule has 6 heteroatoms. The maximum atomic E-state index is 10.6. The van der Waals surface area contributed by atoms with Crippen LogP contribution in [0.15, 0.2) is 22.8 Å². The van der Waals surface area contributed by atoms with Crippen LogP contribution < -0.4 is 0 Å². The molecule has 0 aliphatic rings. The molecule has 0 spiro atoms. The molecule has 1 N–H and O–H groups in total. The van der Waals surface area contributed by atoms with Gasteiger partial charge in [-0.25, -0.2) is 4.98 Å². The number of carbonyl (C=O) groups is 1. The maximum Gasteiger partial charge on any atom is 0.303 e. The molecular weight excluding hydrogens is 286 g/mol. The molecule has 0 bridgehead atoms. The van der Waals surface area contributed by atoms with Crippen LogP contribution in [0, 0.1) is 11.3 Å². The lowest BCUT2D eigenvalue weighted by atomic mass is 10.3. The minimum absolute atomic E-state index is 0.00861. The molecule has 0 atom stereocenters. The van der Waals surface area contributed by atoms with Gasteiger partial charge >= 0.3 is 5.97 Å². The zero-order valence-electron chi connectivity index (χ0n) is 8.72. The summed E-state index contributed by atoms with van der Waals surface area (Å²) in [4.78, 5) is 14.7. The molecule has 2 heterocycles. The van der Waals surface area contributed by atoms with Crippen LogP contribution in [0.25, 0.3) is 5.52 Å². The van der Waals surface area contributed by atoms with Crippen molar-refractivity contribution in [2.75, 3.05) is 0 Å². The largest absolute Gasteiger partial charge is 0.481 e. The number of halogens is 1. The van der Waals surface area contributed by atoms with Gasteiger partial charge in [0.25, 0.3) is 0 Å². The molecule has 0 amide bonds. The van der Waals surface area contributed by atoms with Crippen molar-refractivity contribution in [2.45, 2.75) is 12.8 Å². The molecule has 0 fully saturated rings. The van der Waals surface area contributed by atoms with Crippen LogP contribution in [0.3, 0.4) is 0 Å². The van der Waals surface area contributed by atoms with Gasteiger partial charge in [0.2, 0.25) is 0 Å². The minimum atomic E-state index is -0.882. The Morgan fingerprint density at radius 2 is 2.35 bits per heavy atom. The van der Waals surface area contributed by atoms with Gasteiger partial charge in [0, 0.05) is 6.42 Å². The van der Waals surface area contributed by atoms with E-state index in [1.807, 2.05) is 18.2 Å². The number of nitrogens with zero attached hydrogens (tertiary/aromatic N) is 3. The van der Waals surface area contributed by atoms with Crippen molar-refractivity contribution >= 4 is 27.4 Å². The lowest BCUT2D eigenvalue weighted by molar-refractivity contribution is -0.137. The molecule has 0 saturated carbocycles. The van der Waals surface area contributed by atoms with Gasteiger partial charge in [-0.05, 0) is 28.1 Å². The SMILES string of the molecule is N#Cc1nc(CCC(=O)O)n2c(Br)cccc12. The van der Waals surface area contributed by atoms with Crippen molar-refractivity contribution in [3.05, 3.63) is 34.3 Å². The number of fused-ring (bicyclic) bond motifs is 1. The topological polar surface area (TPSA) is 78.4 Å². The van der Waals surface area contributed by atoms with E-state index in [1.54, 1.807) is 10.5 Å². The fraction of sp³-hybridized carbons (Fsp3) is 0.182. The highest BCUT2D eigenvalue weighted by Crippen LogP contribution is 2.20. The molecule has 0 radical (unpaired) electrons. The van der Waals surface area contributed by atoms with Crippen LogP contribution >= 0.6 is 15.9 Å². The van der Waals surface area contributed by atoms with Crippen LogP contribution in [0.5, 0.6) is 0 Å². The Kier molecular flexibility index (Phi) is 3.11. The molecule has 5 nitrogen and oxygen atoms in total. The molecule has 17 heavy (non-hydrogen) atoms. The summed E-state index contributed by atoms with van der Waals surface area (Å²) in [6.45, 7) is 0. The zero-order chi connectivity index (χ0) is 12.4. The molecule has 2 aromatic rings. The second-order valence-electron chi connectivity index (χ2n) is 3.45. The molecule has 0 aliphatic carbocycles. The molecule has 2 aromatic heterocycles. The molecule has 86 valence electrons. The highest BCUT2D eigenvalue weighted by molar-refractivity contribution is 9.10. The average Bonchev–Trinajstić information content (AvgIpc) is 2.66. The third-order valence-electron chi connectivity index (χ3n) is 2.35. The number of carboxylic acids is 1. The summed E-state index contributed by atoms with van der Waals surface area (Å²) in [7, 11) is 0. The van der Waals surface area contributed by atoms with Gasteiger partial charge in [-0.15, -0.1) is 0 Å². The quantitative estimate of drug-likeness (QED) is 0.878. The number of imidazole rings is 1. The van der Waals surface area contributed by atoms with E-state index in [-0.39, 0.29) is 6.42 Å². The number of nitriles is 1. The Labute approximate surface area is 105 Å². The summed E-state index contributed by atoms with van der Waals surface area (Å²) < 4.78 is 2.51. The van der Waals surface area contributed by atoms with Crippen molar-refractivity contribution < 1.29 is 9.90 Å². The van der Waals surface area contributed by atoms with Gasteiger partial charge in [-0.2, -0.15) is 5.26 Å². The van der Waals surface area contributed by atoms with E-state index < -0.39 is 5.97 Å². The second-order valence-corrected chi connectivity index (χ2v) is 4.26. The highest BCUT2D eigenvalue weighted by atomic mass is 79.9. The number of pyridine rings is 1. The molecule has 0 aliphatic heterocycles. The van der Waals surface area contributed by atoms with Crippen molar-refractivity contribution in [1.29, 1.82) is 5.26 Å². The number of aromatic nitrogens is 2. The second kappa shape index (κ2) is 4.55. The van der Waals surface area contributed by atoms with Crippen LogP contribution in [-0.4, -0.2) is 20.5 Å². The molecule has 0 unspecified atom stereocenters. The highest BCUT2D eigenvalue weighted by Gasteiger charge is 2.13. The van der Waals surface area contributed by atoms with E-state index in [9.17, 15) is 4.79 Å². The fourth-order valence-electron chi connectivity index (χ4n) is 1.64. The number of carboxylic acid groups (broad SMARTS) is 1. The molecule has 0 aromatic carbocycles. The van der Waals surface area contributed by atoms with Gasteiger partial charge in [-0.1, -0.05) is 6.07 Å². The van der Waals surface area contributed by atoms with E-state index in [1.165, 1.54) is 0 Å². The van der Waals surface area contributed by atoms with Gasteiger partial charge in [-0.3, -0.25) is 9.20 Å². The Hall–Kier alpha value is -1.87. The third kappa shape index (κ3) is 2.15. The summed E-state index contributed by atoms with van der Waals surface area (Å²) in [6.07, 6.45) is 0.284. The van der Waals surface area contributed by atoms with Crippen molar-refractivity contribution in [3.63, 3.8) is 0 Å². The van der Waals surface area contributed by atoms with Gasteiger partial charge < -0.3 is 5.11 Å². The first-order valence-corrected chi connectivity index (χ1v) is 5.70. The van der Waals surface area contributed by atoms with Crippen LogP contribution in [0.4, 0.5) is 0 Å². The lowest BCUT2D eigenvalue weighted by Gasteiger charge is -2.01. The first-order valence-electron chi connectivity index (χ1n) is 4.91. The van der Waals surface area contributed by atoms with Crippen molar-refractivity contribution in [1.82, 2.24) is 9.38 Å². The van der Waals surface area contributed by atoms with Gasteiger partial charge in [0.15, 0.2) is 5.69 Å². The van der Waals surface area contributed by atoms with Crippen molar-refractivity contribution in [2.24, 2.45) is 0 Å². The number of aliphatic carboxylic acids is 1. The Bertz CT molecular complexity index is 627. The number of hydrogen-bond acceptors (Lipinski definition) is 3. The summed E-state index contributed by atoms with van der Waals surface area (Å²) >= 11 is 3.36. The Balaban J connectivity index is 2.56. The van der Waals surface area contributed by atoms with E-state index in [4.69, 9.17) is 10.4 Å². The average molecular weight is 294 g/mol. The normalized spacial score (nSPS) is 10.4. The lowest BCUT2D eigenvalue weighted by Crippen LogP contribution is -2.02. The number of aryl methyl sites for hydroxylation is 1. The fourth-order valence-corrected chi connectivity index (χ4v) is 2.18. The standard InChI is InChI=1S/C11H8BrN3O2/c12-9-3-1-2-8-7(6-13)14-10(15(8)9)4-5-11(16)17/h1-3H,4-5H2,(H,16,17). The number of hydrogen-bond donors (Lipinski definition) is 1. The molecular formula is C11H8BrN3O2. The molecule has 2 rings (SSSR count). The third-order valence-corrected chi connectivity index (χ3v) is 2.97. The zero-order valence-corrected chi connectivity index (χ0v) is 10.3. The smallest absolute Gasteiger partial charge is 0.303 e. The van der Waals surface area contributed by atoms with Crippen molar-refractivity contribution in [3.8, 4) is 6.07 Å². The first kappa shape index (κ1) is 11.6. The first-order chi connectivity index (χ1) is 8.13. The predicted octanol–water partition coefficient (Wildman–Crippen LogP) is 1.99. The van der Waals surface area contributed by atoms with E-state index in [0.717, 1.165) is 4.60 Å². The minimum Gasteiger partial charge on any atom is -0.481 e. The predicted molar refractivity (Wildman–Crippen MR) is 63.6 cm³/mol. The van der Waals surface area contributed by atoms with E-state index in [2.05, 4.69) is 20.9 Å². The summed E-state index contributed by atoms with van der Waals surface area (Å²) in [5.74, 6) is -0.307. The van der Waals surface area contributed by atoms with Gasteiger partial charge in [0.05, 0.1) is 16.5 Å². The van der Waals surface area contributed by atoms with Crippen LogP contribution in [0.2, 0.25) is 0 Å². The summed E-state index contributed by atoms with van der Waals surface area (Å²) in [6, 6.07) is 7.41. The number of rotatable bonds is 3. The maximum absolute atomic E-state index is 10.6. The Morgan fingerprint density at radius 3 is 3.00 bits per heavy atom. The Morgan fingerprint density at radius 1 is 1.59 bits per heavy atom. The van der Waals surface area contributed by atoms with Crippen LogP contribution in [0.1, 0.15) is 17.9 Å². The van der Waals surface area contributed by atoms with E-state index >= 15 is 0 Å². The van der Waals surface area contributed by atoms with Crippen LogP contribution in [-0.2, 0) is 11.2 Å². The van der Waals surface area contributed by atoms with E-state index in [0.29, 0.717) is 23.5 Å². The molecule has 0 saturated heterocycles. The summed E-state index contributed by atoms with van der Waals surface area (Å²) in [5, 5.41) is 17.6. The van der Waals surface area contributed by atoms with Gasteiger partial charge in [0.1, 0.15) is 11.9 Å². The monoisotopic (exact) mass is 293 g/mol. The summed E-state index contributed by atoms with van der Waals surface area (Å²) in [5.41, 5.74) is 0.994.